The second kappa shape index (κ2) is 5.79. The van der Waals surface area contributed by atoms with Crippen LogP contribution in [0.15, 0.2) is 42.7 Å². The quantitative estimate of drug-likeness (QED) is 0.878. The molecule has 20 heavy (non-hydrogen) atoms. The lowest BCUT2D eigenvalue weighted by atomic mass is 10.2. The first-order valence-electron chi connectivity index (χ1n) is 6.79. The Balaban J connectivity index is 1.72. The van der Waals surface area contributed by atoms with Crippen LogP contribution in [0.1, 0.15) is 29.6 Å². The summed E-state index contributed by atoms with van der Waals surface area (Å²) in [5.74, 6) is -0.0523. The highest BCUT2D eigenvalue weighted by atomic mass is 79.9. The molecule has 0 aliphatic heterocycles. The zero-order valence-corrected chi connectivity index (χ0v) is 12.6. The highest BCUT2D eigenvalue weighted by Crippen LogP contribution is 2.25. The fraction of sp³-hybridized carbons (Fsp3) is 0.333. The second-order valence-corrected chi connectivity index (χ2v) is 6.21. The second-order valence-electron chi connectivity index (χ2n) is 5.04. The van der Waals surface area contributed by atoms with Crippen LogP contribution in [0.4, 0.5) is 0 Å². The number of benzene rings is 1. The Morgan fingerprint density at radius 3 is 2.80 bits per heavy atom. The van der Waals surface area contributed by atoms with Crippen LogP contribution in [0.5, 0.6) is 0 Å². The predicted octanol–water partition coefficient (Wildman–Crippen LogP) is 2.92. The number of amides is 1. The highest BCUT2D eigenvalue weighted by molar-refractivity contribution is 9.09. The summed E-state index contributed by atoms with van der Waals surface area (Å²) in [5.41, 5.74) is 1.55. The van der Waals surface area contributed by atoms with Crippen LogP contribution in [0.2, 0.25) is 0 Å². The zero-order chi connectivity index (χ0) is 13.9. The summed E-state index contributed by atoms with van der Waals surface area (Å²) in [5, 5.41) is 7.32. The Bertz CT molecular complexity index is 596. The number of aromatic nitrogens is 2. The molecule has 1 aliphatic carbocycles. The van der Waals surface area contributed by atoms with Crippen LogP contribution >= 0.6 is 15.9 Å². The summed E-state index contributed by atoms with van der Waals surface area (Å²) >= 11 is 3.61. The Morgan fingerprint density at radius 2 is 2.10 bits per heavy atom. The van der Waals surface area contributed by atoms with Gasteiger partial charge in [0.1, 0.15) is 0 Å². The van der Waals surface area contributed by atoms with E-state index in [0.29, 0.717) is 10.4 Å². The maximum absolute atomic E-state index is 12.2. The van der Waals surface area contributed by atoms with Gasteiger partial charge in [0.25, 0.3) is 5.91 Å². The van der Waals surface area contributed by atoms with E-state index in [1.807, 2.05) is 30.3 Å². The minimum absolute atomic E-state index is 0.0523. The van der Waals surface area contributed by atoms with Crippen LogP contribution in [0.25, 0.3) is 5.69 Å². The van der Waals surface area contributed by atoms with E-state index < -0.39 is 0 Å². The first kappa shape index (κ1) is 13.4. The molecule has 1 saturated carbocycles. The van der Waals surface area contributed by atoms with Crippen molar-refractivity contribution in [2.45, 2.75) is 30.1 Å². The lowest BCUT2D eigenvalue weighted by Crippen LogP contribution is -2.37. The van der Waals surface area contributed by atoms with E-state index in [9.17, 15) is 4.79 Å². The van der Waals surface area contributed by atoms with Gasteiger partial charge in [-0.15, -0.1) is 0 Å². The average Bonchev–Trinajstić information content (AvgIpc) is 3.10. The Morgan fingerprint density at radius 1 is 1.30 bits per heavy atom. The van der Waals surface area contributed by atoms with E-state index in [4.69, 9.17) is 0 Å². The highest BCUT2D eigenvalue weighted by Gasteiger charge is 2.26. The molecule has 1 N–H and O–H groups in total. The SMILES string of the molecule is O=C(NC1CCCC1Br)c1cnn(-c2ccccc2)c1. The van der Waals surface area contributed by atoms with Gasteiger partial charge in [0, 0.05) is 17.1 Å². The lowest BCUT2D eigenvalue weighted by Gasteiger charge is -2.15. The van der Waals surface area contributed by atoms with E-state index in [0.717, 1.165) is 24.9 Å². The monoisotopic (exact) mass is 333 g/mol. The van der Waals surface area contributed by atoms with Gasteiger partial charge in [-0.2, -0.15) is 5.10 Å². The van der Waals surface area contributed by atoms with Crippen molar-refractivity contribution in [1.29, 1.82) is 0 Å². The van der Waals surface area contributed by atoms with Crippen LogP contribution < -0.4 is 5.32 Å². The molecule has 2 aromatic rings. The zero-order valence-electron chi connectivity index (χ0n) is 11.0. The maximum atomic E-state index is 12.2. The Kier molecular flexibility index (Phi) is 3.87. The van der Waals surface area contributed by atoms with Gasteiger partial charge in [-0.05, 0) is 25.0 Å². The fourth-order valence-electron chi connectivity index (χ4n) is 2.49. The molecule has 0 spiro atoms. The van der Waals surface area contributed by atoms with Gasteiger partial charge < -0.3 is 5.32 Å². The smallest absolute Gasteiger partial charge is 0.254 e. The topological polar surface area (TPSA) is 46.9 Å². The standard InChI is InChI=1S/C15H16BrN3O/c16-13-7-4-8-14(13)18-15(20)11-9-17-19(10-11)12-5-2-1-3-6-12/h1-3,5-6,9-10,13-14H,4,7-8H2,(H,18,20). The van der Waals surface area contributed by atoms with E-state index >= 15 is 0 Å². The lowest BCUT2D eigenvalue weighted by molar-refractivity contribution is 0.0939. The van der Waals surface area contributed by atoms with Gasteiger partial charge in [-0.25, -0.2) is 4.68 Å². The van der Waals surface area contributed by atoms with Crippen molar-refractivity contribution in [3.63, 3.8) is 0 Å². The number of hydrogen-bond acceptors (Lipinski definition) is 2. The Labute approximate surface area is 126 Å². The maximum Gasteiger partial charge on any atom is 0.254 e. The fourth-order valence-corrected chi connectivity index (χ4v) is 3.21. The first-order valence-corrected chi connectivity index (χ1v) is 7.70. The van der Waals surface area contributed by atoms with Crippen LogP contribution in [-0.4, -0.2) is 26.6 Å². The van der Waals surface area contributed by atoms with Crippen LogP contribution in [-0.2, 0) is 0 Å². The molecule has 0 saturated heterocycles. The van der Waals surface area contributed by atoms with Crippen molar-refractivity contribution in [3.05, 3.63) is 48.3 Å². The molecule has 0 bridgehead atoms. The van der Waals surface area contributed by atoms with Crippen molar-refractivity contribution in [2.75, 3.05) is 0 Å². The molecular weight excluding hydrogens is 318 g/mol. The van der Waals surface area contributed by atoms with Crippen LogP contribution in [0, 0.1) is 0 Å². The molecule has 1 amide bonds. The van der Waals surface area contributed by atoms with Crippen molar-refractivity contribution < 1.29 is 4.79 Å². The molecule has 104 valence electrons. The number of hydrogen-bond donors (Lipinski definition) is 1. The number of carbonyl (C=O) groups is 1. The number of rotatable bonds is 3. The van der Waals surface area contributed by atoms with Gasteiger partial charge in [0.05, 0.1) is 17.4 Å². The van der Waals surface area contributed by atoms with Crippen LogP contribution in [0.3, 0.4) is 0 Å². The first-order chi connectivity index (χ1) is 9.74. The molecule has 2 atom stereocenters. The third-order valence-corrected chi connectivity index (χ3v) is 4.71. The number of nitrogens with one attached hydrogen (secondary N) is 1. The number of alkyl halides is 1. The summed E-state index contributed by atoms with van der Waals surface area (Å²) in [4.78, 5) is 12.6. The van der Waals surface area contributed by atoms with Gasteiger partial charge >= 0.3 is 0 Å². The van der Waals surface area contributed by atoms with Gasteiger partial charge in [0.15, 0.2) is 0 Å². The molecule has 0 radical (unpaired) electrons. The predicted molar refractivity (Wildman–Crippen MR) is 81.4 cm³/mol. The number of nitrogens with zero attached hydrogens (tertiary/aromatic N) is 2. The molecule has 1 heterocycles. The van der Waals surface area contributed by atoms with Crippen molar-refractivity contribution in [3.8, 4) is 5.69 Å². The van der Waals surface area contributed by atoms with E-state index in [1.54, 1.807) is 17.1 Å². The molecule has 3 rings (SSSR count). The molecule has 4 nitrogen and oxygen atoms in total. The summed E-state index contributed by atoms with van der Waals surface area (Å²) in [7, 11) is 0. The molecule has 5 heteroatoms. The third kappa shape index (κ3) is 2.77. The largest absolute Gasteiger partial charge is 0.348 e. The molecule has 1 aromatic heterocycles. The van der Waals surface area contributed by atoms with Crippen molar-refractivity contribution in [2.24, 2.45) is 0 Å². The summed E-state index contributed by atoms with van der Waals surface area (Å²) < 4.78 is 1.72. The van der Waals surface area contributed by atoms with E-state index in [-0.39, 0.29) is 11.9 Å². The van der Waals surface area contributed by atoms with Gasteiger partial charge in [-0.1, -0.05) is 40.5 Å². The van der Waals surface area contributed by atoms with Crippen molar-refractivity contribution in [1.82, 2.24) is 15.1 Å². The molecule has 1 aromatic carbocycles. The van der Waals surface area contributed by atoms with Gasteiger partial charge in [-0.3, -0.25) is 4.79 Å². The third-order valence-electron chi connectivity index (χ3n) is 3.61. The molecule has 1 aliphatic rings. The summed E-state index contributed by atoms with van der Waals surface area (Å²) in [6, 6.07) is 10.00. The van der Waals surface area contributed by atoms with E-state index in [1.165, 1.54) is 0 Å². The molecule has 1 fully saturated rings. The number of halogens is 1. The average molecular weight is 334 g/mol. The van der Waals surface area contributed by atoms with Crippen molar-refractivity contribution >= 4 is 21.8 Å². The molecule has 2 unspecified atom stereocenters. The van der Waals surface area contributed by atoms with Gasteiger partial charge in [0.2, 0.25) is 0 Å². The normalized spacial score (nSPS) is 21.9. The minimum Gasteiger partial charge on any atom is -0.348 e. The van der Waals surface area contributed by atoms with E-state index in [2.05, 4.69) is 26.3 Å². The summed E-state index contributed by atoms with van der Waals surface area (Å²) in [6.45, 7) is 0. The minimum atomic E-state index is -0.0523. The number of para-hydroxylation sites is 1. The summed E-state index contributed by atoms with van der Waals surface area (Å²) in [6.07, 6.45) is 6.69. The Hall–Kier alpha value is -1.62. The number of carbonyl (C=O) groups excluding carboxylic acids is 1. The molecular formula is C15H16BrN3O.